The summed E-state index contributed by atoms with van der Waals surface area (Å²) in [5.41, 5.74) is 7.34. The summed E-state index contributed by atoms with van der Waals surface area (Å²) in [6, 6.07) is 9.15. The second-order valence-electron chi connectivity index (χ2n) is 3.70. The molecule has 0 radical (unpaired) electrons. The van der Waals surface area contributed by atoms with Crippen molar-refractivity contribution in [2.24, 2.45) is 0 Å². The van der Waals surface area contributed by atoms with Crippen molar-refractivity contribution in [1.29, 1.82) is 0 Å². The maximum atomic E-state index is 5.62. The van der Waals surface area contributed by atoms with Crippen LogP contribution in [0.15, 0.2) is 36.5 Å². The van der Waals surface area contributed by atoms with Gasteiger partial charge in [-0.25, -0.2) is 4.98 Å². The van der Waals surface area contributed by atoms with Gasteiger partial charge in [0.05, 0.1) is 14.2 Å². The highest BCUT2D eigenvalue weighted by Crippen LogP contribution is 2.28. The largest absolute Gasteiger partial charge is 0.497 e. The molecule has 0 atom stereocenters. The normalized spacial score (nSPS) is 9.89. The fourth-order valence-corrected chi connectivity index (χ4v) is 1.57. The number of hydrogen-bond donors (Lipinski definition) is 2. The molecule has 0 saturated carbocycles. The zero-order chi connectivity index (χ0) is 13.0. The van der Waals surface area contributed by atoms with E-state index in [9.17, 15) is 0 Å². The minimum atomic E-state index is 0.467. The van der Waals surface area contributed by atoms with E-state index in [2.05, 4.69) is 10.3 Å². The molecule has 0 saturated heterocycles. The van der Waals surface area contributed by atoms with E-state index in [1.165, 1.54) is 0 Å². The first-order chi connectivity index (χ1) is 8.71. The molecule has 5 nitrogen and oxygen atoms in total. The van der Waals surface area contributed by atoms with Crippen LogP contribution in [-0.4, -0.2) is 19.2 Å². The van der Waals surface area contributed by atoms with Crippen molar-refractivity contribution >= 4 is 17.2 Å². The van der Waals surface area contributed by atoms with Gasteiger partial charge in [0.25, 0.3) is 0 Å². The first-order valence-corrected chi connectivity index (χ1v) is 5.43. The van der Waals surface area contributed by atoms with Crippen LogP contribution in [0.3, 0.4) is 0 Å². The van der Waals surface area contributed by atoms with Crippen LogP contribution >= 0.6 is 0 Å². The van der Waals surface area contributed by atoms with Crippen LogP contribution in [0.25, 0.3) is 0 Å². The summed E-state index contributed by atoms with van der Waals surface area (Å²) in [6.45, 7) is 0. The topological polar surface area (TPSA) is 69.4 Å². The average Bonchev–Trinajstić information content (AvgIpc) is 2.38. The number of nitrogens with zero attached hydrogens (tertiary/aromatic N) is 1. The number of aromatic nitrogens is 1. The third-order valence-corrected chi connectivity index (χ3v) is 2.42. The molecule has 0 aliphatic carbocycles. The summed E-state index contributed by atoms with van der Waals surface area (Å²) in [6.07, 6.45) is 1.65. The van der Waals surface area contributed by atoms with Crippen molar-refractivity contribution in [2.45, 2.75) is 0 Å². The van der Waals surface area contributed by atoms with Crippen LogP contribution in [0.5, 0.6) is 11.5 Å². The molecule has 1 heterocycles. The van der Waals surface area contributed by atoms with Crippen LogP contribution in [0.2, 0.25) is 0 Å². The van der Waals surface area contributed by atoms with Crippen molar-refractivity contribution in [1.82, 2.24) is 4.98 Å². The number of pyridine rings is 1. The lowest BCUT2D eigenvalue weighted by Gasteiger charge is -2.10. The van der Waals surface area contributed by atoms with Gasteiger partial charge in [-0.2, -0.15) is 0 Å². The summed E-state index contributed by atoms with van der Waals surface area (Å²) >= 11 is 0. The Labute approximate surface area is 106 Å². The third-order valence-electron chi connectivity index (χ3n) is 2.42. The van der Waals surface area contributed by atoms with E-state index in [1.807, 2.05) is 24.3 Å². The van der Waals surface area contributed by atoms with E-state index in [0.717, 1.165) is 22.9 Å². The SMILES string of the molecule is COc1cc(Nc2ccnc(N)c2)cc(OC)c1. The Hall–Kier alpha value is -2.43. The van der Waals surface area contributed by atoms with Crippen molar-refractivity contribution in [2.75, 3.05) is 25.3 Å². The molecule has 5 heteroatoms. The Morgan fingerprint density at radius 2 is 1.67 bits per heavy atom. The zero-order valence-corrected chi connectivity index (χ0v) is 10.3. The molecule has 2 aromatic rings. The third kappa shape index (κ3) is 2.82. The number of nitrogens with one attached hydrogen (secondary N) is 1. The molecular weight excluding hydrogens is 230 g/mol. The lowest BCUT2D eigenvalue weighted by molar-refractivity contribution is 0.395. The van der Waals surface area contributed by atoms with E-state index in [1.54, 1.807) is 26.5 Å². The summed E-state index contributed by atoms with van der Waals surface area (Å²) in [7, 11) is 3.23. The average molecular weight is 245 g/mol. The number of methoxy groups -OCH3 is 2. The molecule has 0 unspecified atom stereocenters. The first-order valence-electron chi connectivity index (χ1n) is 5.43. The quantitative estimate of drug-likeness (QED) is 0.865. The van der Waals surface area contributed by atoms with Crippen molar-refractivity contribution in [3.8, 4) is 11.5 Å². The number of ether oxygens (including phenoxy) is 2. The van der Waals surface area contributed by atoms with E-state index in [4.69, 9.17) is 15.2 Å². The highest BCUT2D eigenvalue weighted by atomic mass is 16.5. The maximum absolute atomic E-state index is 5.62. The number of rotatable bonds is 4. The molecule has 0 amide bonds. The van der Waals surface area contributed by atoms with Crippen LogP contribution in [0.4, 0.5) is 17.2 Å². The zero-order valence-electron chi connectivity index (χ0n) is 10.3. The van der Waals surface area contributed by atoms with Crippen LogP contribution in [0.1, 0.15) is 0 Å². The molecule has 0 fully saturated rings. The van der Waals surface area contributed by atoms with Gasteiger partial charge in [0.2, 0.25) is 0 Å². The Balaban J connectivity index is 2.28. The highest BCUT2D eigenvalue weighted by molar-refractivity contribution is 5.64. The first kappa shape index (κ1) is 12.0. The van der Waals surface area contributed by atoms with E-state index in [-0.39, 0.29) is 0 Å². The Bertz CT molecular complexity index is 521. The van der Waals surface area contributed by atoms with Gasteiger partial charge in [0.1, 0.15) is 17.3 Å². The van der Waals surface area contributed by atoms with Gasteiger partial charge in [-0.15, -0.1) is 0 Å². The maximum Gasteiger partial charge on any atom is 0.125 e. The highest BCUT2D eigenvalue weighted by Gasteiger charge is 2.02. The van der Waals surface area contributed by atoms with Crippen molar-refractivity contribution < 1.29 is 9.47 Å². The second kappa shape index (κ2) is 5.27. The predicted molar refractivity (Wildman–Crippen MR) is 71.5 cm³/mol. The van der Waals surface area contributed by atoms with Crippen molar-refractivity contribution in [3.63, 3.8) is 0 Å². The number of anilines is 3. The molecule has 1 aromatic carbocycles. The van der Waals surface area contributed by atoms with Gasteiger partial charge < -0.3 is 20.5 Å². The Morgan fingerprint density at radius 3 is 2.22 bits per heavy atom. The lowest BCUT2D eigenvalue weighted by atomic mass is 10.2. The molecule has 18 heavy (non-hydrogen) atoms. The molecule has 3 N–H and O–H groups in total. The van der Waals surface area contributed by atoms with Gasteiger partial charge in [0, 0.05) is 41.8 Å². The summed E-state index contributed by atoms with van der Waals surface area (Å²) < 4.78 is 10.4. The summed E-state index contributed by atoms with van der Waals surface area (Å²) in [5.74, 6) is 1.91. The summed E-state index contributed by atoms with van der Waals surface area (Å²) in [5, 5.41) is 3.21. The minimum absolute atomic E-state index is 0.467. The van der Waals surface area contributed by atoms with Crippen LogP contribution in [-0.2, 0) is 0 Å². The molecule has 0 spiro atoms. The van der Waals surface area contributed by atoms with Crippen molar-refractivity contribution in [3.05, 3.63) is 36.5 Å². The van der Waals surface area contributed by atoms with E-state index < -0.39 is 0 Å². The summed E-state index contributed by atoms with van der Waals surface area (Å²) in [4.78, 5) is 3.94. The van der Waals surface area contributed by atoms with Crippen LogP contribution in [0, 0.1) is 0 Å². The van der Waals surface area contributed by atoms with Gasteiger partial charge in [-0.05, 0) is 6.07 Å². The molecule has 1 aromatic heterocycles. The number of hydrogen-bond acceptors (Lipinski definition) is 5. The van der Waals surface area contributed by atoms with Gasteiger partial charge >= 0.3 is 0 Å². The smallest absolute Gasteiger partial charge is 0.125 e. The fraction of sp³-hybridized carbons (Fsp3) is 0.154. The van der Waals surface area contributed by atoms with Gasteiger partial charge in [-0.1, -0.05) is 0 Å². The Morgan fingerprint density at radius 1 is 1.00 bits per heavy atom. The van der Waals surface area contributed by atoms with Gasteiger partial charge in [-0.3, -0.25) is 0 Å². The molecule has 0 bridgehead atoms. The molecule has 2 rings (SSSR count). The van der Waals surface area contributed by atoms with Gasteiger partial charge in [0.15, 0.2) is 0 Å². The monoisotopic (exact) mass is 245 g/mol. The Kier molecular flexibility index (Phi) is 3.52. The predicted octanol–water partition coefficient (Wildman–Crippen LogP) is 2.42. The van der Waals surface area contributed by atoms with Crippen LogP contribution < -0.4 is 20.5 Å². The number of nitrogens with two attached hydrogens (primary N) is 1. The van der Waals surface area contributed by atoms with E-state index in [0.29, 0.717) is 5.82 Å². The lowest BCUT2D eigenvalue weighted by Crippen LogP contribution is -1.95. The molecule has 94 valence electrons. The second-order valence-corrected chi connectivity index (χ2v) is 3.70. The van der Waals surface area contributed by atoms with E-state index >= 15 is 0 Å². The molecule has 0 aliphatic rings. The number of benzene rings is 1. The fourth-order valence-electron chi connectivity index (χ4n) is 1.57. The standard InChI is InChI=1S/C13H15N3O2/c1-17-11-5-10(6-12(8-11)18-2)16-9-3-4-15-13(14)7-9/h3-8H,1-2H3,(H3,14,15,16). The number of nitrogen functional groups attached to an aromatic ring is 1. The molecular formula is C13H15N3O2. The minimum Gasteiger partial charge on any atom is -0.497 e. The molecule has 0 aliphatic heterocycles.